The summed E-state index contributed by atoms with van der Waals surface area (Å²) in [4.78, 5) is 22.4. The van der Waals surface area contributed by atoms with E-state index in [-0.39, 0.29) is 15.6 Å². The SMILES string of the molecule is Cc1ccc(S(=O)ONC(=O)Nc2nc(C)nc(C(F)(F)Cl)n2)c(S(=O)ON(C)C)c1. The van der Waals surface area contributed by atoms with Gasteiger partial charge in [0.2, 0.25) is 33.9 Å². The number of hydroxylamine groups is 3. The number of anilines is 1. The van der Waals surface area contributed by atoms with Gasteiger partial charge in [-0.3, -0.25) is 5.32 Å². The van der Waals surface area contributed by atoms with Crippen molar-refractivity contribution in [1.82, 2.24) is 25.5 Å². The zero-order valence-electron chi connectivity index (χ0n) is 16.5. The minimum absolute atomic E-state index is 0.0221. The van der Waals surface area contributed by atoms with Crippen LogP contribution in [0.4, 0.5) is 19.5 Å². The van der Waals surface area contributed by atoms with Crippen molar-refractivity contribution in [3.05, 3.63) is 35.4 Å². The van der Waals surface area contributed by atoms with Crippen LogP contribution in [0, 0.1) is 13.8 Å². The lowest BCUT2D eigenvalue weighted by Gasteiger charge is -2.13. The molecule has 1 aromatic heterocycles. The van der Waals surface area contributed by atoms with Crippen LogP contribution in [0.5, 0.6) is 0 Å². The molecule has 1 heterocycles. The number of nitrogens with zero attached hydrogens (tertiary/aromatic N) is 4. The highest BCUT2D eigenvalue weighted by Crippen LogP contribution is 2.29. The highest BCUT2D eigenvalue weighted by molar-refractivity contribution is 7.83. The van der Waals surface area contributed by atoms with E-state index in [1.165, 1.54) is 38.2 Å². The van der Waals surface area contributed by atoms with E-state index >= 15 is 0 Å². The minimum Gasteiger partial charge on any atom is -0.274 e. The molecule has 16 heteroatoms. The molecule has 2 amide bonds. The highest BCUT2D eigenvalue weighted by Gasteiger charge is 2.33. The number of amides is 2. The molecule has 0 fully saturated rings. The number of nitrogens with one attached hydrogen (secondary N) is 2. The standard InChI is InChI=1S/C15H17ClF2N6O5S2/c1-8-5-6-10(11(7-8)31(27)29-24(3)4)30(26)28-23-14(25)22-13-20-9(2)19-12(21-13)15(16,17)18/h5-7H,1-4H3,(H2,19,20,21,22,23,25). The van der Waals surface area contributed by atoms with Gasteiger partial charge >= 0.3 is 11.4 Å². The Bertz CT molecular complexity index is 1020. The van der Waals surface area contributed by atoms with Gasteiger partial charge in [0.15, 0.2) is 0 Å². The lowest BCUT2D eigenvalue weighted by Crippen LogP contribution is -2.31. The van der Waals surface area contributed by atoms with Crippen LogP contribution in [0.2, 0.25) is 0 Å². The molecule has 0 aliphatic heterocycles. The van der Waals surface area contributed by atoms with Crippen molar-refractivity contribution < 1.29 is 30.6 Å². The molecule has 0 saturated carbocycles. The Kier molecular flexibility index (Phi) is 8.44. The average molecular weight is 499 g/mol. The molecular formula is C15H17ClF2N6O5S2. The van der Waals surface area contributed by atoms with Crippen LogP contribution in [0.3, 0.4) is 0 Å². The zero-order chi connectivity index (χ0) is 23.3. The molecule has 0 spiro atoms. The molecule has 2 N–H and O–H groups in total. The molecule has 0 radical (unpaired) electrons. The Morgan fingerprint density at radius 3 is 2.42 bits per heavy atom. The second kappa shape index (κ2) is 10.4. The maximum absolute atomic E-state index is 13.2. The first-order chi connectivity index (χ1) is 14.4. The van der Waals surface area contributed by atoms with E-state index in [0.29, 0.717) is 5.56 Å². The van der Waals surface area contributed by atoms with Crippen LogP contribution in [-0.4, -0.2) is 48.6 Å². The summed E-state index contributed by atoms with van der Waals surface area (Å²) in [5.74, 6) is -1.72. The normalized spacial score (nSPS) is 13.7. The largest absolute Gasteiger partial charge is 0.381 e. The number of benzene rings is 1. The Labute approximate surface area is 185 Å². The summed E-state index contributed by atoms with van der Waals surface area (Å²) in [6.07, 6.45) is 0. The Balaban J connectivity index is 2.09. The average Bonchev–Trinajstić information content (AvgIpc) is 2.64. The fourth-order valence-corrected chi connectivity index (χ4v) is 3.97. The monoisotopic (exact) mass is 498 g/mol. The fourth-order valence-electron chi connectivity index (χ4n) is 1.97. The van der Waals surface area contributed by atoms with Crippen LogP contribution in [0.1, 0.15) is 17.2 Å². The maximum Gasteiger partial charge on any atom is 0.381 e. The molecule has 0 aliphatic carbocycles. The summed E-state index contributed by atoms with van der Waals surface area (Å²) < 4.78 is 61.0. The summed E-state index contributed by atoms with van der Waals surface area (Å²) in [5, 5.41) is -0.649. The molecule has 0 aliphatic rings. The van der Waals surface area contributed by atoms with Gasteiger partial charge in [0.1, 0.15) is 5.82 Å². The Morgan fingerprint density at radius 2 is 1.81 bits per heavy atom. The third-order valence-corrected chi connectivity index (χ3v) is 5.49. The quantitative estimate of drug-likeness (QED) is 0.414. The van der Waals surface area contributed by atoms with Crippen LogP contribution in [-0.2, 0) is 36.1 Å². The first-order valence-electron chi connectivity index (χ1n) is 8.21. The smallest absolute Gasteiger partial charge is 0.274 e. The molecule has 0 bridgehead atoms. The zero-order valence-corrected chi connectivity index (χ0v) is 18.9. The molecule has 2 atom stereocenters. The summed E-state index contributed by atoms with van der Waals surface area (Å²) in [7, 11) is 3.03. The predicted octanol–water partition coefficient (Wildman–Crippen LogP) is 2.07. The Hall–Kier alpha value is -2.17. The van der Waals surface area contributed by atoms with Crippen LogP contribution in [0.25, 0.3) is 0 Å². The van der Waals surface area contributed by atoms with Gasteiger partial charge in [0, 0.05) is 14.1 Å². The summed E-state index contributed by atoms with van der Waals surface area (Å²) in [5.41, 5.74) is 2.52. The van der Waals surface area contributed by atoms with Gasteiger partial charge in [-0.05, 0) is 43.1 Å². The van der Waals surface area contributed by atoms with E-state index in [0.717, 1.165) is 0 Å². The molecular weight excluding hydrogens is 482 g/mol. The number of aromatic nitrogens is 3. The van der Waals surface area contributed by atoms with Gasteiger partial charge in [-0.15, -0.1) is 0 Å². The van der Waals surface area contributed by atoms with Crippen LogP contribution in [0.15, 0.2) is 28.0 Å². The third-order valence-electron chi connectivity index (χ3n) is 3.11. The summed E-state index contributed by atoms with van der Waals surface area (Å²) >= 11 is 0.576. The predicted molar refractivity (Wildman–Crippen MR) is 106 cm³/mol. The lowest BCUT2D eigenvalue weighted by molar-refractivity contribution is 0.0135. The lowest BCUT2D eigenvalue weighted by atomic mass is 10.2. The van der Waals surface area contributed by atoms with E-state index < -0.39 is 45.3 Å². The summed E-state index contributed by atoms with van der Waals surface area (Å²) in [6, 6.07) is 3.34. The van der Waals surface area contributed by atoms with Gasteiger partial charge in [0.05, 0.1) is 9.79 Å². The molecule has 2 rings (SSSR count). The van der Waals surface area contributed by atoms with Crippen molar-refractivity contribution in [1.29, 1.82) is 0 Å². The number of halogens is 3. The topological polar surface area (TPSA) is 136 Å². The van der Waals surface area contributed by atoms with Gasteiger partial charge in [-0.2, -0.15) is 32.4 Å². The van der Waals surface area contributed by atoms with Crippen LogP contribution >= 0.6 is 11.6 Å². The second-order valence-corrected chi connectivity index (χ2v) is 8.58. The maximum atomic E-state index is 13.2. The molecule has 2 unspecified atom stereocenters. The molecule has 1 aromatic carbocycles. The third kappa shape index (κ3) is 7.48. The highest BCUT2D eigenvalue weighted by atomic mass is 35.5. The van der Waals surface area contributed by atoms with Gasteiger partial charge in [-0.1, -0.05) is 6.07 Å². The number of urea groups is 1. The van der Waals surface area contributed by atoms with Gasteiger partial charge in [0.25, 0.3) is 0 Å². The molecule has 2 aromatic rings. The first-order valence-corrected chi connectivity index (χ1v) is 10.7. The van der Waals surface area contributed by atoms with Crippen molar-refractivity contribution in [3.8, 4) is 0 Å². The van der Waals surface area contributed by atoms with E-state index in [1.54, 1.807) is 13.0 Å². The van der Waals surface area contributed by atoms with E-state index in [9.17, 15) is 22.0 Å². The van der Waals surface area contributed by atoms with E-state index in [2.05, 4.69) is 15.0 Å². The number of carbonyl (C=O) groups is 1. The van der Waals surface area contributed by atoms with Gasteiger partial charge in [-0.25, -0.2) is 23.7 Å². The van der Waals surface area contributed by atoms with Crippen molar-refractivity contribution in [2.75, 3.05) is 19.4 Å². The number of carbonyl (C=O) groups excluding carboxylic acids is 1. The van der Waals surface area contributed by atoms with Crippen LogP contribution < -0.4 is 10.8 Å². The van der Waals surface area contributed by atoms with E-state index in [4.69, 9.17) is 20.2 Å². The van der Waals surface area contributed by atoms with Gasteiger partial charge < -0.3 is 0 Å². The van der Waals surface area contributed by atoms with Crippen molar-refractivity contribution >= 4 is 45.7 Å². The molecule has 11 nitrogen and oxygen atoms in total. The Morgan fingerprint density at radius 1 is 1.13 bits per heavy atom. The number of hydrogen-bond acceptors (Lipinski definition) is 9. The number of rotatable bonds is 8. The van der Waals surface area contributed by atoms with Crippen molar-refractivity contribution in [2.45, 2.75) is 29.0 Å². The van der Waals surface area contributed by atoms with E-state index in [1.807, 2.05) is 10.8 Å². The number of hydrogen-bond donors (Lipinski definition) is 2. The molecule has 31 heavy (non-hydrogen) atoms. The minimum atomic E-state index is -3.87. The number of alkyl halides is 3. The first kappa shape index (κ1) is 25.1. The fraction of sp³-hybridized carbons (Fsp3) is 0.333. The van der Waals surface area contributed by atoms with Crippen molar-refractivity contribution in [3.63, 3.8) is 0 Å². The molecule has 0 saturated heterocycles. The summed E-state index contributed by atoms with van der Waals surface area (Å²) in [6.45, 7) is 3.02. The number of aryl methyl sites for hydroxylation is 2. The molecule has 170 valence electrons. The van der Waals surface area contributed by atoms with Crippen molar-refractivity contribution in [2.24, 2.45) is 0 Å². The second-order valence-electron chi connectivity index (χ2n) is 5.97.